The van der Waals surface area contributed by atoms with E-state index < -0.39 is 0 Å². The van der Waals surface area contributed by atoms with Crippen molar-refractivity contribution in [2.24, 2.45) is 7.05 Å². The first-order chi connectivity index (χ1) is 19.7. The molecule has 4 aromatic carbocycles. The van der Waals surface area contributed by atoms with Gasteiger partial charge in [-0.15, -0.1) is 0 Å². The Bertz CT molecular complexity index is 2150. The number of imidazole rings is 1. The Balaban J connectivity index is 1.45. The number of oxazole rings is 1. The molecule has 0 fully saturated rings. The van der Waals surface area contributed by atoms with Gasteiger partial charge in [-0.05, 0) is 54.6 Å². The molecule has 0 spiro atoms. The van der Waals surface area contributed by atoms with E-state index in [9.17, 15) is 0 Å². The summed E-state index contributed by atoms with van der Waals surface area (Å²) < 4.78 is 10.5. The van der Waals surface area contributed by atoms with Crippen molar-refractivity contribution in [1.29, 1.82) is 0 Å². The van der Waals surface area contributed by atoms with E-state index in [1.54, 1.807) is 0 Å². The second-order valence-corrected chi connectivity index (χ2v) is 9.88. The number of fused-ring (bicyclic) bond motifs is 4. The largest absolute Gasteiger partial charge is 0.436 e. The Morgan fingerprint density at radius 3 is 2.35 bits per heavy atom. The van der Waals surface area contributed by atoms with Gasteiger partial charge in [0.1, 0.15) is 11.3 Å². The molecule has 0 unspecified atom stereocenters. The average Bonchev–Trinajstić information content (AvgIpc) is 3.72. The van der Waals surface area contributed by atoms with Crippen LogP contribution < -0.4 is 0 Å². The lowest BCUT2D eigenvalue weighted by Crippen LogP contribution is -2.01. The van der Waals surface area contributed by atoms with E-state index in [1.807, 2.05) is 68.1 Å². The van der Waals surface area contributed by atoms with Gasteiger partial charge in [-0.2, -0.15) is 0 Å². The van der Waals surface area contributed by atoms with Crippen LogP contribution in [0.4, 0.5) is 0 Å². The lowest BCUT2D eigenvalue weighted by atomic mass is 10.0. The molecule has 8 aromatic rings. The van der Waals surface area contributed by atoms with E-state index in [0.717, 1.165) is 61.4 Å². The minimum atomic E-state index is 0.603. The highest BCUT2D eigenvalue weighted by molar-refractivity contribution is 6.10. The first-order valence-electron chi connectivity index (χ1n) is 13.2. The van der Waals surface area contributed by atoms with Gasteiger partial charge in [0.25, 0.3) is 0 Å². The lowest BCUT2D eigenvalue weighted by molar-refractivity contribution is 0.620. The molecule has 0 atom stereocenters. The Morgan fingerprint density at radius 1 is 0.675 bits per heavy atom. The predicted molar refractivity (Wildman–Crippen MR) is 159 cm³/mol. The standard InChI is InChI=1S/C34H23N5O/c1-38-19-18-36-33(38)26-16-13-22(27-9-6-7-17-35-27)20-31(26)39-29-11-4-2-8-24(29)25-15-14-23(21-30(25)39)34-37-28-10-3-5-12-32(28)40-34/h2-21H,1H3. The SMILES string of the molecule is Cn1ccnc1-c1ccc(-c2ccccn2)cc1-n1c2ccccc2c2ccc(-c3nc4ccccc4o3)cc21. The van der Waals surface area contributed by atoms with Crippen LogP contribution in [0.15, 0.2) is 126 Å². The van der Waals surface area contributed by atoms with Gasteiger partial charge in [-0.3, -0.25) is 4.98 Å². The first-order valence-corrected chi connectivity index (χ1v) is 13.2. The van der Waals surface area contributed by atoms with Crippen LogP contribution in [0.25, 0.3) is 72.7 Å². The fourth-order valence-electron chi connectivity index (χ4n) is 5.58. The molecular weight excluding hydrogens is 494 g/mol. The molecule has 0 aliphatic heterocycles. The number of para-hydroxylation sites is 3. The van der Waals surface area contributed by atoms with Crippen LogP contribution in [0.2, 0.25) is 0 Å². The Morgan fingerprint density at radius 2 is 1.50 bits per heavy atom. The van der Waals surface area contributed by atoms with Crippen LogP contribution in [0.3, 0.4) is 0 Å². The van der Waals surface area contributed by atoms with Gasteiger partial charge >= 0.3 is 0 Å². The van der Waals surface area contributed by atoms with Crippen LogP contribution in [-0.4, -0.2) is 24.1 Å². The molecule has 0 N–H and O–H groups in total. The number of rotatable bonds is 4. The summed E-state index contributed by atoms with van der Waals surface area (Å²) in [6, 6.07) is 35.3. The molecule has 8 rings (SSSR count). The van der Waals surface area contributed by atoms with Gasteiger partial charge in [0.2, 0.25) is 5.89 Å². The number of aromatic nitrogens is 5. The van der Waals surface area contributed by atoms with Gasteiger partial charge in [0, 0.05) is 53.1 Å². The minimum Gasteiger partial charge on any atom is -0.436 e. The Kier molecular flexibility index (Phi) is 4.94. The topological polar surface area (TPSA) is 61.7 Å². The van der Waals surface area contributed by atoms with Crippen molar-refractivity contribution >= 4 is 32.9 Å². The molecule has 40 heavy (non-hydrogen) atoms. The van der Waals surface area contributed by atoms with Crippen molar-refractivity contribution in [3.05, 3.63) is 122 Å². The van der Waals surface area contributed by atoms with E-state index in [1.165, 1.54) is 5.39 Å². The van der Waals surface area contributed by atoms with Crippen LogP contribution >= 0.6 is 0 Å². The molecule has 0 amide bonds. The van der Waals surface area contributed by atoms with Crippen LogP contribution in [0, 0.1) is 0 Å². The number of nitrogens with zero attached hydrogens (tertiary/aromatic N) is 5. The molecule has 6 nitrogen and oxygen atoms in total. The third-order valence-electron chi connectivity index (χ3n) is 7.48. The molecule has 0 aliphatic rings. The number of aryl methyl sites for hydroxylation is 1. The van der Waals surface area contributed by atoms with Crippen molar-refractivity contribution in [2.75, 3.05) is 0 Å². The summed E-state index contributed by atoms with van der Waals surface area (Å²) in [5, 5.41) is 2.33. The van der Waals surface area contributed by atoms with Crippen LogP contribution in [0.5, 0.6) is 0 Å². The molecule has 0 saturated heterocycles. The maximum atomic E-state index is 6.16. The van der Waals surface area contributed by atoms with Crippen molar-refractivity contribution in [3.63, 3.8) is 0 Å². The molecule has 0 aliphatic carbocycles. The average molecular weight is 518 g/mol. The summed E-state index contributed by atoms with van der Waals surface area (Å²) in [4.78, 5) is 14.1. The third kappa shape index (κ3) is 3.47. The summed E-state index contributed by atoms with van der Waals surface area (Å²) in [6.45, 7) is 0. The molecule has 4 aromatic heterocycles. The molecule has 0 bridgehead atoms. The van der Waals surface area contributed by atoms with Gasteiger partial charge in [-0.25, -0.2) is 9.97 Å². The lowest BCUT2D eigenvalue weighted by Gasteiger charge is -2.16. The van der Waals surface area contributed by atoms with E-state index in [0.29, 0.717) is 5.89 Å². The third-order valence-corrected chi connectivity index (χ3v) is 7.48. The first kappa shape index (κ1) is 22.5. The minimum absolute atomic E-state index is 0.603. The van der Waals surface area contributed by atoms with Crippen molar-refractivity contribution < 1.29 is 4.42 Å². The molecule has 0 radical (unpaired) electrons. The van der Waals surface area contributed by atoms with Crippen molar-refractivity contribution in [3.8, 4) is 39.8 Å². The second-order valence-electron chi connectivity index (χ2n) is 9.88. The summed E-state index contributed by atoms with van der Waals surface area (Å²) in [5.74, 6) is 1.50. The van der Waals surface area contributed by atoms with E-state index in [2.05, 4.69) is 74.8 Å². The monoisotopic (exact) mass is 517 g/mol. The highest BCUT2D eigenvalue weighted by Crippen LogP contribution is 2.39. The van der Waals surface area contributed by atoms with Crippen molar-refractivity contribution in [1.82, 2.24) is 24.1 Å². The quantitative estimate of drug-likeness (QED) is 0.237. The van der Waals surface area contributed by atoms with E-state index >= 15 is 0 Å². The highest BCUT2D eigenvalue weighted by Gasteiger charge is 2.20. The van der Waals surface area contributed by atoms with Crippen LogP contribution in [-0.2, 0) is 7.05 Å². The maximum absolute atomic E-state index is 6.16. The van der Waals surface area contributed by atoms with E-state index in [-0.39, 0.29) is 0 Å². The van der Waals surface area contributed by atoms with Crippen LogP contribution in [0.1, 0.15) is 0 Å². The highest BCUT2D eigenvalue weighted by atomic mass is 16.3. The molecular formula is C34H23N5O. The van der Waals surface area contributed by atoms with Gasteiger partial charge in [0.15, 0.2) is 5.58 Å². The number of benzene rings is 4. The maximum Gasteiger partial charge on any atom is 0.227 e. The molecule has 4 heterocycles. The smallest absolute Gasteiger partial charge is 0.227 e. The summed E-state index contributed by atoms with van der Waals surface area (Å²) in [7, 11) is 2.02. The number of pyridine rings is 1. The molecule has 6 heteroatoms. The summed E-state index contributed by atoms with van der Waals surface area (Å²) in [5.41, 5.74) is 8.73. The van der Waals surface area contributed by atoms with Gasteiger partial charge < -0.3 is 13.6 Å². The van der Waals surface area contributed by atoms with Crippen molar-refractivity contribution in [2.45, 2.75) is 0 Å². The Hall–Kier alpha value is -5.49. The van der Waals surface area contributed by atoms with Gasteiger partial charge in [0.05, 0.1) is 22.4 Å². The zero-order chi connectivity index (χ0) is 26.6. The second kappa shape index (κ2) is 8.78. The number of hydrogen-bond donors (Lipinski definition) is 0. The zero-order valence-corrected chi connectivity index (χ0v) is 21.7. The zero-order valence-electron chi connectivity index (χ0n) is 21.7. The fraction of sp³-hybridized carbons (Fsp3) is 0.0294. The predicted octanol–water partition coefficient (Wildman–Crippen LogP) is 8.05. The molecule has 0 saturated carbocycles. The summed E-state index contributed by atoms with van der Waals surface area (Å²) in [6.07, 6.45) is 5.64. The van der Waals surface area contributed by atoms with Gasteiger partial charge in [-0.1, -0.05) is 48.5 Å². The van der Waals surface area contributed by atoms with E-state index in [4.69, 9.17) is 14.4 Å². The normalized spacial score (nSPS) is 11.6. The summed E-state index contributed by atoms with van der Waals surface area (Å²) >= 11 is 0. The molecule has 190 valence electrons. The Labute approximate surface area is 229 Å². The number of hydrogen-bond acceptors (Lipinski definition) is 4. The fourth-order valence-corrected chi connectivity index (χ4v) is 5.58.